The maximum atomic E-state index is 13.5. The molecule has 2 N–H and O–H groups in total. The van der Waals surface area contributed by atoms with E-state index in [1.54, 1.807) is 12.1 Å². The van der Waals surface area contributed by atoms with Gasteiger partial charge in [-0.15, -0.1) is 0 Å². The van der Waals surface area contributed by atoms with Gasteiger partial charge in [-0.2, -0.15) is 0 Å². The van der Waals surface area contributed by atoms with Gasteiger partial charge in [-0.1, -0.05) is 31.5 Å². The highest BCUT2D eigenvalue weighted by Gasteiger charge is 2.21. The Balaban J connectivity index is 2.58. The summed E-state index contributed by atoms with van der Waals surface area (Å²) < 4.78 is 13.5. The number of halogens is 1. The van der Waals surface area contributed by atoms with Gasteiger partial charge in [0.05, 0.1) is 12.1 Å². The number of hydrogen-bond donors (Lipinski definition) is 2. The standard InChI is InChI=1S/C15H23FN2O2/c1-4-7-13(18(2)3)15(20)17-10-14(19)11-8-5-6-9-12(11)16/h5-6,8-9,13-14,19H,4,7,10H2,1-3H3,(H,17,20). The van der Waals surface area contributed by atoms with Crippen LogP contribution in [0.4, 0.5) is 4.39 Å². The first kappa shape index (κ1) is 16.6. The van der Waals surface area contributed by atoms with Gasteiger partial charge < -0.3 is 10.4 Å². The van der Waals surface area contributed by atoms with Gasteiger partial charge >= 0.3 is 0 Å². The minimum Gasteiger partial charge on any atom is -0.386 e. The Labute approximate surface area is 119 Å². The van der Waals surface area contributed by atoms with Crippen LogP contribution in [0.15, 0.2) is 24.3 Å². The smallest absolute Gasteiger partial charge is 0.237 e. The number of aliphatic hydroxyl groups excluding tert-OH is 1. The molecule has 0 aliphatic rings. The largest absolute Gasteiger partial charge is 0.386 e. The van der Waals surface area contributed by atoms with Crippen LogP contribution in [0.5, 0.6) is 0 Å². The highest BCUT2D eigenvalue weighted by atomic mass is 19.1. The molecular weight excluding hydrogens is 259 g/mol. The van der Waals surface area contributed by atoms with Crippen molar-refractivity contribution in [2.45, 2.75) is 31.9 Å². The summed E-state index contributed by atoms with van der Waals surface area (Å²) in [5.41, 5.74) is 0.199. The number of aliphatic hydroxyl groups is 1. The van der Waals surface area contributed by atoms with Gasteiger partial charge in [0.15, 0.2) is 0 Å². The Morgan fingerprint density at radius 1 is 1.40 bits per heavy atom. The molecule has 0 bridgehead atoms. The molecule has 2 unspecified atom stereocenters. The van der Waals surface area contributed by atoms with E-state index >= 15 is 0 Å². The van der Waals surface area contributed by atoms with Crippen molar-refractivity contribution in [2.24, 2.45) is 0 Å². The summed E-state index contributed by atoms with van der Waals surface area (Å²) in [6.45, 7) is 2.02. The Morgan fingerprint density at radius 3 is 2.60 bits per heavy atom. The van der Waals surface area contributed by atoms with Gasteiger partial charge in [0.25, 0.3) is 0 Å². The summed E-state index contributed by atoms with van der Waals surface area (Å²) in [5.74, 6) is -0.612. The second kappa shape index (κ2) is 7.97. The molecule has 0 aliphatic heterocycles. The second-order valence-electron chi connectivity index (χ2n) is 5.05. The molecule has 0 saturated carbocycles. The van der Waals surface area contributed by atoms with Crippen LogP contribution in [0.1, 0.15) is 31.4 Å². The van der Waals surface area contributed by atoms with Crippen molar-refractivity contribution in [1.82, 2.24) is 10.2 Å². The lowest BCUT2D eigenvalue weighted by molar-refractivity contribution is -0.126. The van der Waals surface area contributed by atoms with Crippen molar-refractivity contribution in [3.8, 4) is 0 Å². The number of nitrogens with zero attached hydrogens (tertiary/aromatic N) is 1. The number of benzene rings is 1. The zero-order valence-corrected chi connectivity index (χ0v) is 12.3. The fraction of sp³-hybridized carbons (Fsp3) is 0.533. The summed E-state index contributed by atoms with van der Waals surface area (Å²) in [6, 6.07) is 5.80. The number of likely N-dealkylation sites (N-methyl/N-ethyl adjacent to an activating group) is 1. The maximum Gasteiger partial charge on any atom is 0.237 e. The summed E-state index contributed by atoms with van der Waals surface area (Å²) in [7, 11) is 3.68. The molecule has 0 fully saturated rings. The number of carbonyl (C=O) groups excluding carboxylic acids is 1. The zero-order valence-electron chi connectivity index (χ0n) is 12.3. The van der Waals surface area contributed by atoms with Crippen molar-refractivity contribution in [3.63, 3.8) is 0 Å². The van der Waals surface area contributed by atoms with Gasteiger partial charge in [0.2, 0.25) is 5.91 Å². The SMILES string of the molecule is CCCC(C(=O)NCC(O)c1ccccc1F)N(C)C. The fourth-order valence-electron chi connectivity index (χ4n) is 2.07. The van der Waals surface area contributed by atoms with Crippen molar-refractivity contribution in [3.05, 3.63) is 35.6 Å². The predicted molar refractivity (Wildman–Crippen MR) is 76.8 cm³/mol. The Bertz CT molecular complexity index is 438. The molecule has 0 radical (unpaired) electrons. The maximum absolute atomic E-state index is 13.5. The van der Waals surface area contributed by atoms with Crippen LogP contribution in [0.3, 0.4) is 0 Å². The molecule has 20 heavy (non-hydrogen) atoms. The van der Waals surface area contributed by atoms with E-state index in [9.17, 15) is 14.3 Å². The van der Waals surface area contributed by atoms with Crippen LogP contribution < -0.4 is 5.32 Å². The first-order valence-corrected chi connectivity index (χ1v) is 6.84. The lowest BCUT2D eigenvalue weighted by Gasteiger charge is -2.23. The summed E-state index contributed by atoms with van der Waals surface area (Å²) in [4.78, 5) is 13.9. The number of nitrogens with one attached hydrogen (secondary N) is 1. The topological polar surface area (TPSA) is 52.6 Å². The van der Waals surface area contributed by atoms with Gasteiger partial charge in [0.1, 0.15) is 5.82 Å². The van der Waals surface area contributed by atoms with Crippen LogP contribution in [-0.4, -0.2) is 42.6 Å². The normalized spacial score (nSPS) is 14.1. The van der Waals surface area contributed by atoms with Crippen molar-refractivity contribution in [2.75, 3.05) is 20.6 Å². The molecule has 4 nitrogen and oxygen atoms in total. The molecule has 1 aromatic carbocycles. The van der Waals surface area contributed by atoms with Crippen LogP contribution in [0.2, 0.25) is 0 Å². The Hall–Kier alpha value is -1.46. The molecule has 0 heterocycles. The third-order valence-corrected chi connectivity index (χ3v) is 3.22. The summed E-state index contributed by atoms with van der Waals surface area (Å²) >= 11 is 0. The molecule has 5 heteroatoms. The molecule has 0 aliphatic carbocycles. The first-order valence-electron chi connectivity index (χ1n) is 6.84. The highest BCUT2D eigenvalue weighted by molar-refractivity contribution is 5.81. The quantitative estimate of drug-likeness (QED) is 0.800. The number of hydrogen-bond acceptors (Lipinski definition) is 3. The first-order chi connectivity index (χ1) is 9.47. The van der Waals surface area contributed by atoms with Crippen LogP contribution in [0, 0.1) is 5.82 Å². The Kier molecular flexibility index (Phi) is 6.61. The van der Waals surface area contributed by atoms with Crippen molar-refractivity contribution in [1.29, 1.82) is 0 Å². The van der Waals surface area contributed by atoms with Crippen LogP contribution in [0.25, 0.3) is 0 Å². The van der Waals surface area contributed by atoms with E-state index < -0.39 is 11.9 Å². The molecular formula is C15H23FN2O2. The van der Waals surface area contributed by atoms with Crippen molar-refractivity contribution < 1.29 is 14.3 Å². The highest BCUT2D eigenvalue weighted by Crippen LogP contribution is 2.15. The lowest BCUT2D eigenvalue weighted by Crippen LogP contribution is -2.44. The van der Waals surface area contributed by atoms with Crippen LogP contribution >= 0.6 is 0 Å². The van der Waals surface area contributed by atoms with Crippen molar-refractivity contribution >= 4 is 5.91 Å². The van der Waals surface area contributed by atoms with E-state index in [-0.39, 0.29) is 24.1 Å². The molecule has 1 rings (SSSR count). The number of rotatable bonds is 7. The Morgan fingerprint density at radius 2 is 2.05 bits per heavy atom. The molecule has 1 aromatic rings. The molecule has 0 saturated heterocycles. The van der Waals surface area contributed by atoms with Gasteiger partial charge in [0, 0.05) is 12.1 Å². The second-order valence-corrected chi connectivity index (χ2v) is 5.05. The zero-order chi connectivity index (χ0) is 15.1. The minimum atomic E-state index is -1.04. The van der Waals surface area contributed by atoms with E-state index in [0.29, 0.717) is 0 Å². The molecule has 0 spiro atoms. The third-order valence-electron chi connectivity index (χ3n) is 3.22. The number of carbonyl (C=O) groups is 1. The van der Waals surface area contributed by atoms with E-state index in [2.05, 4.69) is 5.32 Å². The lowest BCUT2D eigenvalue weighted by atomic mass is 10.1. The van der Waals surface area contributed by atoms with Gasteiger partial charge in [-0.3, -0.25) is 9.69 Å². The molecule has 1 amide bonds. The third kappa shape index (κ3) is 4.58. The molecule has 2 atom stereocenters. The van der Waals surface area contributed by atoms with Gasteiger partial charge in [-0.25, -0.2) is 4.39 Å². The van der Waals surface area contributed by atoms with Crippen LogP contribution in [-0.2, 0) is 4.79 Å². The van der Waals surface area contributed by atoms with E-state index in [1.165, 1.54) is 12.1 Å². The average molecular weight is 282 g/mol. The minimum absolute atomic E-state index is 0.00776. The summed E-state index contributed by atoms with van der Waals surface area (Å²) in [5, 5.41) is 12.6. The van der Waals surface area contributed by atoms with E-state index in [4.69, 9.17) is 0 Å². The monoisotopic (exact) mass is 282 g/mol. The summed E-state index contributed by atoms with van der Waals surface area (Å²) in [6.07, 6.45) is 0.602. The number of amides is 1. The molecule has 112 valence electrons. The van der Waals surface area contributed by atoms with E-state index in [1.807, 2.05) is 25.9 Å². The van der Waals surface area contributed by atoms with E-state index in [0.717, 1.165) is 12.8 Å². The van der Waals surface area contributed by atoms with Gasteiger partial charge in [-0.05, 0) is 26.6 Å². The molecule has 0 aromatic heterocycles. The average Bonchev–Trinajstić information content (AvgIpc) is 2.42. The predicted octanol–water partition coefficient (Wildman–Crippen LogP) is 1.71. The fourth-order valence-corrected chi connectivity index (χ4v) is 2.07.